The van der Waals surface area contributed by atoms with Gasteiger partial charge in [-0.3, -0.25) is 0 Å². The van der Waals surface area contributed by atoms with Gasteiger partial charge in [0.2, 0.25) is 0 Å². The molecule has 1 fully saturated rings. The number of benzene rings is 1. The van der Waals surface area contributed by atoms with Crippen LogP contribution in [0.3, 0.4) is 0 Å². The van der Waals surface area contributed by atoms with Crippen molar-refractivity contribution in [2.45, 2.75) is 32.2 Å². The molecule has 2 rings (SSSR count). The molecule has 1 heterocycles. The third-order valence-electron chi connectivity index (χ3n) is 3.57. The van der Waals surface area contributed by atoms with E-state index in [4.69, 9.17) is 5.26 Å². The standard InChI is InChI=1S/C13H17BN2O2/c1-10-4-2-3-7-16(10)12-5-6-13(14(17)18)11(8-12)9-15/h5-6,8,10,17-18H,2-4,7H2,1H3. The molecule has 0 saturated carbocycles. The first-order valence-electron chi connectivity index (χ1n) is 6.30. The van der Waals surface area contributed by atoms with Crippen molar-refractivity contribution in [3.63, 3.8) is 0 Å². The Bertz CT molecular complexity index is 471. The number of nitrogens with zero attached hydrogens (tertiary/aromatic N) is 2. The summed E-state index contributed by atoms with van der Waals surface area (Å²) in [6.45, 7) is 3.17. The molecule has 1 unspecified atom stereocenters. The second kappa shape index (κ2) is 5.43. The lowest BCUT2D eigenvalue weighted by Gasteiger charge is -2.35. The van der Waals surface area contributed by atoms with Crippen molar-refractivity contribution >= 4 is 18.3 Å². The molecule has 0 amide bonds. The van der Waals surface area contributed by atoms with E-state index < -0.39 is 7.12 Å². The predicted octanol–water partition coefficient (Wildman–Crippen LogP) is 0.617. The Hall–Kier alpha value is -1.51. The number of hydrogen-bond donors (Lipinski definition) is 2. The van der Waals surface area contributed by atoms with E-state index in [1.807, 2.05) is 12.1 Å². The zero-order valence-corrected chi connectivity index (χ0v) is 10.5. The Labute approximate surface area is 108 Å². The number of nitriles is 1. The molecule has 18 heavy (non-hydrogen) atoms. The topological polar surface area (TPSA) is 67.5 Å². The minimum absolute atomic E-state index is 0.269. The summed E-state index contributed by atoms with van der Waals surface area (Å²) in [4.78, 5) is 2.28. The maximum absolute atomic E-state index is 9.18. The monoisotopic (exact) mass is 244 g/mol. The zero-order valence-electron chi connectivity index (χ0n) is 10.5. The third-order valence-corrected chi connectivity index (χ3v) is 3.57. The van der Waals surface area contributed by atoms with Crippen LogP contribution in [0.15, 0.2) is 18.2 Å². The van der Waals surface area contributed by atoms with Crippen molar-refractivity contribution in [1.82, 2.24) is 0 Å². The Morgan fingerprint density at radius 1 is 1.39 bits per heavy atom. The van der Waals surface area contributed by atoms with Gasteiger partial charge in [-0.25, -0.2) is 0 Å². The largest absolute Gasteiger partial charge is 0.489 e. The first kappa shape index (κ1) is 12.9. The highest BCUT2D eigenvalue weighted by Crippen LogP contribution is 2.24. The van der Waals surface area contributed by atoms with Gasteiger partial charge in [0.1, 0.15) is 0 Å². The van der Waals surface area contributed by atoms with Crippen molar-refractivity contribution in [1.29, 1.82) is 5.26 Å². The first-order valence-corrected chi connectivity index (χ1v) is 6.30. The van der Waals surface area contributed by atoms with Gasteiger partial charge < -0.3 is 14.9 Å². The minimum Gasteiger partial charge on any atom is -0.423 e. The molecule has 1 atom stereocenters. The van der Waals surface area contributed by atoms with E-state index in [1.54, 1.807) is 12.1 Å². The molecular formula is C13H17BN2O2. The van der Waals surface area contributed by atoms with Gasteiger partial charge in [-0.1, -0.05) is 6.07 Å². The fourth-order valence-corrected chi connectivity index (χ4v) is 2.53. The normalized spacial score (nSPS) is 19.4. The smallest absolute Gasteiger partial charge is 0.423 e. The van der Waals surface area contributed by atoms with Crippen LogP contribution in [0.2, 0.25) is 0 Å². The number of anilines is 1. The summed E-state index contributed by atoms with van der Waals surface area (Å²) in [5.74, 6) is 0. The summed E-state index contributed by atoms with van der Waals surface area (Å²) in [5, 5.41) is 27.4. The van der Waals surface area contributed by atoms with Crippen LogP contribution in [0.5, 0.6) is 0 Å². The Balaban J connectivity index is 2.32. The molecule has 5 heteroatoms. The van der Waals surface area contributed by atoms with Crippen LogP contribution >= 0.6 is 0 Å². The molecule has 0 aromatic heterocycles. The molecule has 1 aliphatic rings. The van der Waals surface area contributed by atoms with E-state index in [1.165, 1.54) is 6.42 Å². The fourth-order valence-electron chi connectivity index (χ4n) is 2.53. The maximum Gasteiger partial charge on any atom is 0.489 e. The van der Waals surface area contributed by atoms with Crippen LogP contribution in [-0.4, -0.2) is 29.8 Å². The maximum atomic E-state index is 9.18. The van der Waals surface area contributed by atoms with Gasteiger partial charge in [-0.15, -0.1) is 0 Å². The van der Waals surface area contributed by atoms with Gasteiger partial charge in [-0.05, 0) is 43.8 Å². The van der Waals surface area contributed by atoms with E-state index >= 15 is 0 Å². The summed E-state index contributed by atoms with van der Waals surface area (Å²) < 4.78 is 0. The number of piperidine rings is 1. The predicted molar refractivity (Wildman–Crippen MR) is 71.6 cm³/mol. The highest BCUT2D eigenvalue weighted by Gasteiger charge is 2.21. The molecule has 4 nitrogen and oxygen atoms in total. The van der Waals surface area contributed by atoms with Crippen molar-refractivity contribution < 1.29 is 10.0 Å². The van der Waals surface area contributed by atoms with Crippen molar-refractivity contribution in [2.24, 2.45) is 0 Å². The average Bonchev–Trinajstić information content (AvgIpc) is 2.38. The van der Waals surface area contributed by atoms with Gasteiger partial charge in [0.05, 0.1) is 11.6 Å². The molecule has 0 radical (unpaired) electrons. The summed E-state index contributed by atoms with van der Waals surface area (Å²) in [6.07, 6.45) is 3.57. The van der Waals surface area contributed by atoms with Crippen LogP contribution < -0.4 is 10.4 Å². The van der Waals surface area contributed by atoms with E-state index in [2.05, 4.69) is 11.8 Å². The highest BCUT2D eigenvalue weighted by atomic mass is 16.4. The Kier molecular flexibility index (Phi) is 3.90. The van der Waals surface area contributed by atoms with Crippen molar-refractivity contribution in [3.8, 4) is 6.07 Å². The molecule has 0 spiro atoms. The minimum atomic E-state index is -1.59. The molecule has 1 aromatic rings. The van der Waals surface area contributed by atoms with Crippen LogP contribution in [-0.2, 0) is 0 Å². The Morgan fingerprint density at radius 3 is 2.78 bits per heavy atom. The zero-order chi connectivity index (χ0) is 13.1. The van der Waals surface area contributed by atoms with Gasteiger partial charge in [0.15, 0.2) is 0 Å². The second-order valence-electron chi connectivity index (χ2n) is 4.80. The lowest BCUT2D eigenvalue weighted by atomic mass is 9.77. The molecule has 1 aromatic carbocycles. The van der Waals surface area contributed by atoms with Crippen molar-refractivity contribution in [3.05, 3.63) is 23.8 Å². The van der Waals surface area contributed by atoms with Gasteiger partial charge in [-0.2, -0.15) is 5.26 Å². The van der Waals surface area contributed by atoms with Crippen molar-refractivity contribution in [2.75, 3.05) is 11.4 Å². The summed E-state index contributed by atoms with van der Waals surface area (Å²) in [6, 6.07) is 7.72. The molecule has 2 N–H and O–H groups in total. The molecule has 0 bridgehead atoms. The molecular weight excluding hydrogens is 227 g/mol. The quantitative estimate of drug-likeness (QED) is 0.748. The number of rotatable bonds is 2. The van der Waals surface area contributed by atoms with Gasteiger partial charge in [0, 0.05) is 18.3 Å². The SMILES string of the molecule is CC1CCCCN1c1ccc(B(O)O)c(C#N)c1. The second-order valence-corrected chi connectivity index (χ2v) is 4.80. The molecule has 1 saturated heterocycles. The fraction of sp³-hybridized carbons (Fsp3) is 0.462. The third kappa shape index (κ3) is 2.50. The lowest BCUT2D eigenvalue weighted by molar-refractivity contribution is 0.425. The lowest BCUT2D eigenvalue weighted by Crippen LogP contribution is -2.38. The van der Waals surface area contributed by atoms with Crippen LogP contribution in [0.1, 0.15) is 31.7 Å². The number of hydrogen-bond acceptors (Lipinski definition) is 4. The summed E-state index contributed by atoms with van der Waals surface area (Å²) in [7, 11) is -1.59. The first-order chi connectivity index (χ1) is 8.63. The van der Waals surface area contributed by atoms with Crippen LogP contribution in [0.25, 0.3) is 0 Å². The highest BCUT2D eigenvalue weighted by molar-refractivity contribution is 6.59. The van der Waals surface area contributed by atoms with E-state index in [0.29, 0.717) is 11.6 Å². The summed E-state index contributed by atoms with van der Waals surface area (Å²) >= 11 is 0. The molecule has 0 aliphatic carbocycles. The van der Waals surface area contributed by atoms with Crippen LogP contribution in [0, 0.1) is 11.3 Å². The summed E-state index contributed by atoms with van der Waals surface area (Å²) in [5.41, 5.74) is 1.59. The van der Waals surface area contributed by atoms with E-state index in [-0.39, 0.29) is 5.46 Å². The van der Waals surface area contributed by atoms with Gasteiger partial charge in [0.25, 0.3) is 0 Å². The molecule has 1 aliphatic heterocycles. The van der Waals surface area contributed by atoms with E-state index in [0.717, 1.165) is 25.1 Å². The van der Waals surface area contributed by atoms with Crippen LogP contribution in [0.4, 0.5) is 5.69 Å². The molecule has 94 valence electrons. The Morgan fingerprint density at radius 2 is 2.17 bits per heavy atom. The average molecular weight is 244 g/mol. The van der Waals surface area contributed by atoms with Gasteiger partial charge >= 0.3 is 7.12 Å². The van der Waals surface area contributed by atoms with E-state index in [9.17, 15) is 10.0 Å².